The number of nitrogens with zero attached hydrogens (tertiary/aromatic N) is 1. The quantitative estimate of drug-likeness (QED) is 0.166. The van der Waals surface area contributed by atoms with E-state index in [2.05, 4.69) is 27.7 Å². The number of halogens is 1. The Morgan fingerprint density at radius 2 is 1.61 bits per heavy atom. The SMILES string of the molecule is C=CCOc1ccc(NC(=O)C(=O)N/N=C\c2ccc(OCC(=O)Nc3ccccc3)c(Cl)c2)cc1. The summed E-state index contributed by atoms with van der Waals surface area (Å²) >= 11 is 6.21. The molecule has 0 unspecified atom stereocenters. The van der Waals surface area contributed by atoms with Crippen LogP contribution in [0.2, 0.25) is 5.02 Å². The van der Waals surface area contributed by atoms with Crippen LogP contribution in [-0.4, -0.2) is 37.1 Å². The van der Waals surface area contributed by atoms with Crippen molar-refractivity contribution >= 4 is 46.9 Å². The molecule has 0 saturated carbocycles. The molecule has 9 nitrogen and oxygen atoms in total. The Morgan fingerprint density at radius 1 is 0.889 bits per heavy atom. The monoisotopic (exact) mass is 506 g/mol. The molecular weight excluding hydrogens is 484 g/mol. The summed E-state index contributed by atoms with van der Waals surface area (Å²) < 4.78 is 10.8. The van der Waals surface area contributed by atoms with Gasteiger partial charge in [-0.25, -0.2) is 5.43 Å². The van der Waals surface area contributed by atoms with E-state index in [1.165, 1.54) is 12.3 Å². The zero-order valence-corrected chi connectivity index (χ0v) is 19.8. The van der Waals surface area contributed by atoms with Crippen molar-refractivity contribution in [1.29, 1.82) is 0 Å². The Hall–Kier alpha value is -4.63. The maximum atomic E-state index is 12.0. The molecule has 0 bridgehead atoms. The third kappa shape index (κ3) is 8.30. The van der Waals surface area contributed by atoms with Gasteiger partial charge in [-0.2, -0.15) is 5.10 Å². The molecule has 0 aliphatic carbocycles. The first kappa shape index (κ1) is 26.0. The summed E-state index contributed by atoms with van der Waals surface area (Å²) in [6.45, 7) is 3.70. The highest BCUT2D eigenvalue weighted by molar-refractivity contribution is 6.39. The largest absolute Gasteiger partial charge is 0.490 e. The molecule has 3 rings (SSSR count). The minimum absolute atomic E-state index is 0.224. The third-order valence-electron chi connectivity index (χ3n) is 4.44. The molecule has 0 heterocycles. The fraction of sp³-hybridized carbons (Fsp3) is 0.0769. The molecule has 3 N–H and O–H groups in total. The van der Waals surface area contributed by atoms with Gasteiger partial charge in [0.2, 0.25) is 0 Å². The van der Waals surface area contributed by atoms with E-state index in [4.69, 9.17) is 21.1 Å². The molecule has 0 fully saturated rings. The van der Waals surface area contributed by atoms with Gasteiger partial charge in [0.15, 0.2) is 6.61 Å². The van der Waals surface area contributed by atoms with Crippen LogP contribution in [0.1, 0.15) is 5.56 Å². The predicted molar refractivity (Wildman–Crippen MR) is 139 cm³/mol. The maximum absolute atomic E-state index is 12.0. The fourth-order valence-corrected chi connectivity index (χ4v) is 3.01. The molecular formula is C26H23ClN4O5. The molecule has 0 spiro atoms. The molecule has 0 saturated heterocycles. The van der Waals surface area contributed by atoms with Crippen molar-refractivity contribution in [2.24, 2.45) is 5.10 Å². The van der Waals surface area contributed by atoms with Crippen molar-refractivity contribution in [3.05, 3.63) is 96.0 Å². The second-order valence-corrected chi connectivity index (χ2v) is 7.58. The van der Waals surface area contributed by atoms with Gasteiger partial charge in [0, 0.05) is 11.4 Å². The van der Waals surface area contributed by atoms with Crippen molar-refractivity contribution in [3.63, 3.8) is 0 Å². The van der Waals surface area contributed by atoms with Crippen LogP contribution in [0.15, 0.2) is 90.6 Å². The zero-order chi connectivity index (χ0) is 25.8. The lowest BCUT2D eigenvalue weighted by Crippen LogP contribution is -2.32. The Morgan fingerprint density at radius 3 is 2.31 bits per heavy atom. The van der Waals surface area contributed by atoms with Gasteiger partial charge in [0.1, 0.15) is 18.1 Å². The molecule has 0 atom stereocenters. The van der Waals surface area contributed by atoms with Crippen LogP contribution in [0.4, 0.5) is 11.4 Å². The zero-order valence-electron chi connectivity index (χ0n) is 19.1. The number of para-hydroxylation sites is 1. The minimum Gasteiger partial charge on any atom is -0.490 e. The van der Waals surface area contributed by atoms with Crippen molar-refractivity contribution in [2.45, 2.75) is 0 Å². The number of carbonyl (C=O) groups excluding carboxylic acids is 3. The van der Waals surface area contributed by atoms with Gasteiger partial charge in [0.25, 0.3) is 5.91 Å². The third-order valence-corrected chi connectivity index (χ3v) is 4.73. The smallest absolute Gasteiger partial charge is 0.329 e. The van der Waals surface area contributed by atoms with Gasteiger partial charge < -0.3 is 20.1 Å². The molecule has 0 radical (unpaired) electrons. The molecule has 0 aliphatic rings. The first-order chi connectivity index (χ1) is 17.4. The average molecular weight is 507 g/mol. The van der Waals surface area contributed by atoms with Crippen LogP contribution in [0.5, 0.6) is 11.5 Å². The van der Waals surface area contributed by atoms with Gasteiger partial charge >= 0.3 is 11.8 Å². The molecule has 184 valence electrons. The second-order valence-electron chi connectivity index (χ2n) is 7.17. The molecule has 10 heteroatoms. The van der Waals surface area contributed by atoms with Crippen molar-refractivity contribution < 1.29 is 23.9 Å². The van der Waals surface area contributed by atoms with Crippen LogP contribution in [0, 0.1) is 0 Å². The standard InChI is InChI=1S/C26H23ClN4O5/c1-2-14-35-21-11-9-20(10-12-21)30-25(33)26(34)31-28-16-18-8-13-23(22(27)15-18)36-17-24(32)29-19-6-4-3-5-7-19/h2-13,15-16H,1,14,17H2,(H,29,32)(H,30,33)(H,31,34)/b28-16-. The first-order valence-electron chi connectivity index (χ1n) is 10.7. The Kier molecular flexibility index (Phi) is 9.60. The van der Waals surface area contributed by atoms with E-state index in [-0.39, 0.29) is 17.5 Å². The lowest BCUT2D eigenvalue weighted by Gasteiger charge is -2.09. The highest BCUT2D eigenvalue weighted by Gasteiger charge is 2.13. The number of hydrogen-bond donors (Lipinski definition) is 3. The van der Waals surface area contributed by atoms with E-state index in [1.54, 1.807) is 54.6 Å². The number of anilines is 2. The van der Waals surface area contributed by atoms with Crippen LogP contribution in [0.25, 0.3) is 0 Å². The summed E-state index contributed by atoms with van der Waals surface area (Å²) in [5, 5.41) is 9.18. The summed E-state index contributed by atoms with van der Waals surface area (Å²) in [6, 6.07) is 20.2. The number of hydrazone groups is 1. The first-order valence-corrected chi connectivity index (χ1v) is 11.1. The number of hydrogen-bond acceptors (Lipinski definition) is 6. The van der Waals surface area contributed by atoms with E-state index < -0.39 is 11.8 Å². The average Bonchev–Trinajstić information content (AvgIpc) is 2.88. The van der Waals surface area contributed by atoms with Crippen molar-refractivity contribution in [3.8, 4) is 11.5 Å². The maximum Gasteiger partial charge on any atom is 0.329 e. The predicted octanol–water partition coefficient (Wildman–Crippen LogP) is 4.01. The van der Waals surface area contributed by atoms with E-state index in [0.29, 0.717) is 35.0 Å². The van der Waals surface area contributed by atoms with E-state index in [1.807, 2.05) is 18.2 Å². The topological polar surface area (TPSA) is 118 Å². The van der Waals surface area contributed by atoms with Gasteiger partial charge in [-0.15, -0.1) is 0 Å². The molecule has 3 amide bonds. The molecule has 0 aliphatic heterocycles. The summed E-state index contributed by atoms with van der Waals surface area (Å²) in [4.78, 5) is 36.0. The van der Waals surface area contributed by atoms with E-state index in [9.17, 15) is 14.4 Å². The molecule has 36 heavy (non-hydrogen) atoms. The van der Waals surface area contributed by atoms with Gasteiger partial charge in [-0.05, 0) is 60.2 Å². The number of benzene rings is 3. The molecule has 3 aromatic rings. The number of ether oxygens (including phenoxy) is 2. The van der Waals surface area contributed by atoms with Crippen LogP contribution >= 0.6 is 11.6 Å². The van der Waals surface area contributed by atoms with Gasteiger partial charge in [-0.1, -0.05) is 42.5 Å². The highest BCUT2D eigenvalue weighted by atomic mass is 35.5. The Bertz CT molecular complexity index is 1250. The van der Waals surface area contributed by atoms with Crippen molar-refractivity contribution in [1.82, 2.24) is 5.43 Å². The fourth-order valence-electron chi connectivity index (χ4n) is 2.77. The molecule has 0 aromatic heterocycles. The van der Waals surface area contributed by atoms with Crippen LogP contribution in [-0.2, 0) is 14.4 Å². The number of rotatable bonds is 10. The second kappa shape index (κ2) is 13.3. The minimum atomic E-state index is -0.950. The lowest BCUT2D eigenvalue weighted by molar-refractivity contribution is -0.136. The summed E-state index contributed by atoms with van der Waals surface area (Å²) in [7, 11) is 0. The van der Waals surface area contributed by atoms with Gasteiger partial charge in [-0.3, -0.25) is 14.4 Å². The summed E-state index contributed by atoms with van der Waals surface area (Å²) in [5.41, 5.74) is 3.76. The normalized spacial score (nSPS) is 10.4. The number of carbonyl (C=O) groups is 3. The summed E-state index contributed by atoms with van der Waals surface area (Å²) in [5.74, 6) is -1.26. The number of amides is 3. The Labute approximate surface area is 212 Å². The lowest BCUT2D eigenvalue weighted by atomic mass is 10.2. The molecule has 3 aromatic carbocycles. The highest BCUT2D eigenvalue weighted by Crippen LogP contribution is 2.25. The number of nitrogens with one attached hydrogen (secondary N) is 3. The van der Waals surface area contributed by atoms with E-state index in [0.717, 1.165) is 0 Å². The Balaban J connectivity index is 1.45. The summed E-state index contributed by atoms with van der Waals surface area (Å²) in [6.07, 6.45) is 2.93. The van der Waals surface area contributed by atoms with Crippen molar-refractivity contribution in [2.75, 3.05) is 23.8 Å². The van der Waals surface area contributed by atoms with Gasteiger partial charge in [0.05, 0.1) is 11.2 Å². The van der Waals surface area contributed by atoms with Crippen LogP contribution in [0.3, 0.4) is 0 Å². The van der Waals surface area contributed by atoms with Crippen LogP contribution < -0.4 is 25.5 Å². The van der Waals surface area contributed by atoms with E-state index >= 15 is 0 Å².